The molecule has 0 spiro atoms. The molecule has 5 rings (SSSR count). The number of nitrogens with zero attached hydrogens (tertiary/aromatic N) is 3. The fraction of sp³-hybridized carbons (Fsp3) is 0.217. The minimum absolute atomic E-state index is 0.0632. The fourth-order valence-corrected chi connectivity index (χ4v) is 4.54. The van der Waals surface area contributed by atoms with Crippen LogP contribution in [-0.2, 0) is 14.1 Å². The molecule has 0 amide bonds. The van der Waals surface area contributed by atoms with Crippen molar-refractivity contribution in [2.45, 2.75) is 5.92 Å². The first kappa shape index (κ1) is 18.3. The predicted octanol–water partition coefficient (Wildman–Crippen LogP) is 2.17. The molecule has 0 bridgehead atoms. The highest BCUT2D eigenvalue weighted by atomic mass is 16.5. The highest BCUT2D eigenvalue weighted by Crippen LogP contribution is 2.46. The van der Waals surface area contributed by atoms with Gasteiger partial charge >= 0.3 is 5.69 Å². The minimum Gasteiger partial charge on any atom is -0.497 e. The van der Waals surface area contributed by atoms with Gasteiger partial charge in [-0.2, -0.15) is 0 Å². The van der Waals surface area contributed by atoms with Crippen LogP contribution in [0.3, 0.4) is 0 Å². The van der Waals surface area contributed by atoms with Crippen molar-refractivity contribution in [1.29, 1.82) is 0 Å². The van der Waals surface area contributed by atoms with Gasteiger partial charge in [-0.25, -0.2) is 9.79 Å². The second kappa shape index (κ2) is 6.38. The molecule has 2 aromatic carbocycles. The Hall–Kier alpha value is -3.74. The first-order valence-corrected chi connectivity index (χ1v) is 9.60. The number of hydrogen-bond donors (Lipinski definition) is 0. The van der Waals surface area contributed by atoms with E-state index in [1.807, 2.05) is 30.3 Å². The van der Waals surface area contributed by atoms with Crippen LogP contribution in [-0.4, -0.2) is 27.7 Å². The molecule has 2 heterocycles. The molecule has 0 unspecified atom stereocenters. The summed E-state index contributed by atoms with van der Waals surface area (Å²) in [5, 5.41) is 0. The number of ketones is 1. The fourth-order valence-electron chi connectivity index (χ4n) is 4.54. The van der Waals surface area contributed by atoms with Crippen LogP contribution in [0.4, 0.5) is 5.82 Å². The van der Waals surface area contributed by atoms with Crippen LogP contribution in [0, 0.1) is 5.92 Å². The van der Waals surface area contributed by atoms with Gasteiger partial charge < -0.3 is 4.74 Å². The zero-order chi connectivity index (χ0) is 21.2. The second-order valence-corrected chi connectivity index (χ2v) is 7.58. The molecule has 0 N–H and O–H groups in total. The predicted molar refractivity (Wildman–Crippen MR) is 112 cm³/mol. The number of aromatic nitrogens is 2. The van der Waals surface area contributed by atoms with E-state index in [1.165, 1.54) is 11.6 Å². The molecular formula is C23H19N3O4. The summed E-state index contributed by atoms with van der Waals surface area (Å²) < 4.78 is 7.71. The van der Waals surface area contributed by atoms with Crippen molar-refractivity contribution in [3.8, 4) is 5.75 Å². The van der Waals surface area contributed by atoms with Crippen LogP contribution in [0.25, 0.3) is 0 Å². The Balaban J connectivity index is 1.87. The number of methoxy groups -OCH3 is 1. The molecule has 0 fully saturated rings. The molecule has 3 aromatic rings. The van der Waals surface area contributed by atoms with E-state index in [-0.39, 0.29) is 5.78 Å². The topological polar surface area (TPSA) is 82.7 Å². The van der Waals surface area contributed by atoms with Gasteiger partial charge in [0.25, 0.3) is 5.56 Å². The second-order valence-electron chi connectivity index (χ2n) is 7.58. The number of aliphatic imine (C=N–C) groups is 1. The molecule has 1 aliphatic carbocycles. The molecule has 1 aromatic heterocycles. The lowest BCUT2D eigenvalue weighted by molar-refractivity contribution is 0.0953. The van der Waals surface area contributed by atoms with Gasteiger partial charge in [-0.15, -0.1) is 0 Å². The number of carbonyl (C=O) groups excluding carboxylic acids is 1. The monoisotopic (exact) mass is 401 g/mol. The first-order valence-electron chi connectivity index (χ1n) is 9.60. The maximum absolute atomic E-state index is 13.4. The minimum atomic E-state index is -0.617. The summed E-state index contributed by atoms with van der Waals surface area (Å²) in [6, 6.07) is 14.6. The molecule has 30 heavy (non-hydrogen) atoms. The zero-order valence-corrected chi connectivity index (χ0v) is 16.7. The average Bonchev–Trinajstić information content (AvgIpc) is 3.07. The van der Waals surface area contributed by atoms with Gasteiger partial charge in [0.2, 0.25) is 0 Å². The molecule has 7 nitrogen and oxygen atoms in total. The lowest BCUT2D eigenvalue weighted by atomic mass is 9.76. The van der Waals surface area contributed by atoms with Gasteiger partial charge in [0.05, 0.1) is 24.3 Å². The van der Waals surface area contributed by atoms with Crippen molar-refractivity contribution in [2.24, 2.45) is 25.0 Å². The molecule has 2 aliphatic rings. The van der Waals surface area contributed by atoms with E-state index >= 15 is 0 Å². The third-order valence-corrected chi connectivity index (χ3v) is 6.06. The number of Topliss-reactive ketones (excluding diaryl/α,β-unsaturated/α-hetero) is 1. The van der Waals surface area contributed by atoms with Crippen molar-refractivity contribution in [1.82, 2.24) is 9.13 Å². The average molecular weight is 401 g/mol. The standard InChI is InChI=1S/C23H19N3O4/c1-25-21-18(22(28)26(2)23(25)29)16(12-8-10-13(30-3)11-9-12)17-19(24-21)14-6-4-5-7-15(14)20(17)27/h4-11,16-17H,1-3H3/t16-,17-/m0/s1. The Kier molecular flexibility index (Phi) is 3.89. The van der Waals surface area contributed by atoms with E-state index < -0.39 is 23.1 Å². The van der Waals surface area contributed by atoms with Gasteiger partial charge in [0.1, 0.15) is 11.6 Å². The van der Waals surface area contributed by atoms with Gasteiger partial charge in [-0.1, -0.05) is 36.4 Å². The largest absolute Gasteiger partial charge is 0.497 e. The van der Waals surface area contributed by atoms with Crippen LogP contribution < -0.4 is 16.0 Å². The molecule has 1 aliphatic heterocycles. The maximum atomic E-state index is 13.4. The summed E-state index contributed by atoms with van der Waals surface area (Å²) in [6.07, 6.45) is 0. The quantitative estimate of drug-likeness (QED) is 0.659. The summed E-state index contributed by atoms with van der Waals surface area (Å²) in [7, 11) is 4.62. The molecule has 0 saturated carbocycles. The van der Waals surface area contributed by atoms with E-state index in [4.69, 9.17) is 9.73 Å². The summed E-state index contributed by atoms with van der Waals surface area (Å²) in [5.41, 5.74) is 2.23. The number of hydrogen-bond acceptors (Lipinski definition) is 5. The Morgan fingerprint density at radius 1 is 0.867 bits per heavy atom. The Bertz CT molecular complexity index is 1360. The van der Waals surface area contributed by atoms with Crippen LogP contribution >= 0.6 is 0 Å². The van der Waals surface area contributed by atoms with Crippen molar-refractivity contribution >= 4 is 17.3 Å². The van der Waals surface area contributed by atoms with Crippen molar-refractivity contribution in [3.05, 3.63) is 91.6 Å². The van der Waals surface area contributed by atoms with E-state index in [9.17, 15) is 14.4 Å². The van der Waals surface area contributed by atoms with E-state index in [0.717, 1.165) is 15.7 Å². The summed E-state index contributed by atoms with van der Waals surface area (Å²) in [6.45, 7) is 0. The molecule has 7 heteroatoms. The van der Waals surface area contributed by atoms with Crippen molar-refractivity contribution in [3.63, 3.8) is 0 Å². The Morgan fingerprint density at radius 2 is 1.53 bits per heavy atom. The van der Waals surface area contributed by atoms with Gasteiger partial charge in [0, 0.05) is 31.1 Å². The number of rotatable bonds is 2. The van der Waals surface area contributed by atoms with Gasteiger partial charge in [-0.05, 0) is 17.7 Å². The number of carbonyl (C=O) groups is 1. The molecule has 2 atom stereocenters. The van der Waals surface area contributed by atoms with Crippen LogP contribution in [0.2, 0.25) is 0 Å². The third kappa shape index (κ3) is 2.32. The highest BCUT2D eigenvalue weighted by Gasteiger charge is 2.47. The lowest BCUT2D eigenvalue weighted by Crippen LogP contribution is -2.43. The highest BCUT2D eigenvalue weighted by molar-refractivity contribution is 6.30. The maximum Gasteiger partial charge on any atom is 0.332 e. The molecule has 150 valence electrons. The van der Waals surface area contributed by atoms with Gasteiger partial charge in [0.15, 0.2) is 5.78 Å². The first-order chi connectivity index (χ1) is 14.4. The normalized spacial score (nSPS) is 19.0. The Morgan fingerprint density at radius 3 is 2.20 bits per heavy atom. The van der Waals surface area contributed by atoms with E-state index in [1.54, 1.807) is 32.4 Å². The van der Waals surface area contributed by atoms with Crippen molar-refractivity contribution in [2.75, 3.05) is 7.11 Å². The molecule has 0 saturated heterocycles. The van der Waals surface area contributed by atoms with Crippen molar-refractivity contribution < 1.29 is 9.53 Å². The number of ether oxygens (including phenoxy) is 1. The summed E-state index contributed by atoms with van der Waals surface area (Å²) >= 11 is 0. The summed E-state index contributed by atoms with van der Waals surface area (Å²) in [5.74, 6) is -0.248. The molecule has 0 radical (unpaired) electrons. The zero-order valence-electron chi connectivity index (χ0n) is 16.7. The lowest BCUT2D eigenvalue weighted by Gasteiger charge is -2.29. The van der Waals surface area contributed by atoms with Crippen LogP contribution in [0.1, 0.15) is 33.0 Å². The number of fused-ring (bicyclic) bond motifs is 4. The number of benzene rings is 2. The smallest absolute Gasteiger partial charge is 0.332 e. The third-order valence-electron chi connectivity index (χ3n) is 6.06. The Labute approximate surface area is 171 Å². The SMILES string of the molecule is COc1ccc([C@@H]2c3c(n(C)c(=O)n(C)c3=O)N=C3c4ccccc4C(=O)[C@H]32)cc1. The van der Waals surface area contributed by atoms with Crippen LogP contribution in [0.5, 0.6) is 5.75 Å². The van der Waals surface area contributed by atoms with Gasteiger partial charge in [-0.3, -0.25) is 18.7 Å². The van der Waals surface area contributed by atoms with E-state index in [0.29, 0.717) is 28.4 Å². The van der Waals surface area contributed by atoms with E-state index in [2.05, 4.69) is 0 Å². The molecular weight excluding hydrogens is 382 g/mol. The van der Waals surface area contributed by atoms with Crippen LogP contribution in [0.15, 0.2) is 63.1 Å². The summed E-state index contributed by atoms with van der Waals surface area (Å²) in [4.78, 5) is 43.9.